The summed E-state index contributed by atoms with van der Waals surface area (Å²) in [6.45, 7) is 2.99. The second kappa shape index (κ2) is 10.7. The van der Waals surface area contributed by atoms with Crippen molar-refractivity contribution in [3.05, 3.63) is 71.3 Å². The molecule has 4 atom stereocenters. The zero-order chi connectivity index (χ0) is 26.9. The number of rotatable bonds is 7. The lowest BCUT2D eigenvalue weighted by Gasteiger charge is -2.55. The number of fused-ring (bicyclic) bond motifs is 1. The van der Waals surface area contributed by atoms with E-state index >= 15 is 0 Å². The van der Waals surface area contributed by atoms with E-state index in [1.165, 1.54) is 37.1 Å². The molecule has 2 N–H and O–H groups in total. The van der Waals surface area contributed by atoms with E-state index in [-0.39, 0.29) is 35.1 Å². The number of likely N-dealkylation sites (tertiary alicyclic amines) is 1. The van der Waals surface area contributed by atoms with Gasteiger partial charge >= 0.3 is 6.18 Å². The smallest absolute Gasteiger partial charge is 0.416 e. The van der Waals surface area contributed by atoms with E-state index in [9.17, 15) is 23.1 Å². The normalized spacial score (nSPS) is 28.3. The van der Waals surface area contributed by atoms with Crippen molar-refractivity contribution >= 4 is 12.0 Å². The first-order chi connectivity index (χ1) is 18.2. The third-order valence-electron chi connectivity index (χ3n) is 8.54. The molecule has 0 radical (unpaired) electrons. The molecule has 38 heavy (non-hydrogen) atoms. The average molecular weight is 529 g/mol. The topological polar surface area (TPSA) is 61.8 Å². The molecule has 204 valence electrons. The highest BCUT2D eigenvalue weighted by molar-refractivity contribution is 5.92. The van der Waals surface area contributed by atoms with Crippen molar-refractivity contribution in [3.8, 4) is 5.75 Å². The Labute approximate surface area is 221 Å². The van der Waals surface area contributed by atoms with Crippen molar-refractivity contribution in [1.82, 2.24) is 10.2 Å². The Morgan fingerprint density at radius 1 is 1.21 bits per heavy atom. The summed E-state index contributed by atoms with van der Waals surface area (Å²) < 4.78 is 45.1. The molecule has 1 amide bonds. The van der Waals surface area contributed by atoms with Gasteiger partial charge in [0.2, 0.25) is 5.91 Å². The van der Waals surface area contributed by atoms with Crippen LogP contribution in [0, 0.1) is 11.8 Å². The van der Waals surface area contributed by atoms with Gasteiger partial charge in [-0.1, -0.05) is 24.3 Å². The van der Waals surface area contributed by atoms with Crippen LogP contribution in [0.1, 0.15) is 48.8 Å². The van der Waals surface area contributed by atoms with Crippen molar-refractivity contribution in [1.29, 1.82) is 0 Å². The molecule has 5 nitrogen and oxygen atoms in total. The first-order valence-electron chi connectivity index (χ1n) is 13.4. The molecule has 4 unspecified atom stereocenters. The number of nitrogens with one attached hydrogen (secondary N) is 1. The van der Waals surface area contributed by atoms with E-state index < -0.39 is 11.7 Å². The van der Waals surface area contributed by atoms with Crippen LogP contribution < -0.4 is 5.32 Å². The first kappa shape index (κ1) is 26.8. The summed E-state index contributed by atoms with van der Waals surface area (Å²) in [6.07, 6.45) is 3.06. The maximum absolute atomic E-state index is 13.0. The molecule has 3 fully saturated rings. The van der Waals surface area contributed by atoms with Gasteiger partial charge in [0, 0.05) is 43.7 Å². The van der Waals surface area contributed by atoms with Gasteiger partial charge in [0.25, 0.3) is 0 Å². The number of hydrogen-bond acceptors (Lipinski definition) is 4. The molecule has 5 rings (SSSR count). The number of methoxy groups -OCH3 is 1. The zero-order valence-corrected chi connectivity index (χ0v) is 21.6. The number of phenols is 1. The minimum Gasteiger partial charge on any atom is -0.508 e. The number of piperidine rings is 1. The number of hydrogen-bond donors (Lipinski definition) is 2. The van der Waals surface area contributed by atoms with Gasteiger partial charge in [-0.25, -0.2) is 0 Å². The molecule has 8 heteroatoms. The van der Waals surface area contributed by atoms with E-state index in [0.717, 1.165) is 49.7 Å². The number of amides is 1. The highest BCUT2D eigenvalue weighted by Crippen LogP contribution is 2.51. The van der Waals surface area contributed by atoms with Crippen molar-refractivity contribution in [2.45, 2.75) is 55.8 Å². The predicted molar refractivity (Wildman–Crippen MR) is 139 cm³/mol. The fraction of sp³-hybridized carbons (Fsp3) is 0.500. The van der Waals surface area contributed by atoms with Crippen molar-refractivity contribution in [2.75, 3.05) is 26.7 Å². The summed E-state index contributed by atoms with van der Waals surface area (Å²) in [7, 11) is 1.72. The third kappa shape index (κ3) is 5.91. The Morgan fingerprint density at radius 3 is 2.71 bits per heavy atom. The lowest BCUT2D eigenvalue weighted by molar-refractivity contribution is -0.137. The largest absolute Gasteiger partial charge is 0.508 e. The van der Waals surface area contributed by atoms with Crippen LogP contribution in [0.15, 0.2) is 54.6 Å². The van der Waals surface area contributed by atoms with Crippen LogP contribution in [-0.2, 0) is 21.1 Å². The molecule has 1 aliphatic heterocycles. The summed E-state index contributed by atoms with van der Waals surface area (Å²) in [6, 6.07) is 12.2. The van der Waals surface area contributed by atoms with E-state index in [4.69, 9.17) is 4.74 Å². The second-order valence-corrected chi connectivity index (χ2v) is 11.1. The number of nitrogens with zero attached hydrogens (tertiary/aromatic N) is 1. The second-order valence-electron chi connectivity index (χ2n) is 11.1. The number of carbonyl (C=O) groups excluding carboxylic acids is 1. The molecule has 2 aromatic rings. The molecule has 1 heterocycles. The number of aromatic hydroxyl groups is 1. The summed E-state index contributed by atoms with van der Waals surface area (Å²) in [4.78, 5) is 15.4. The number of benzene rings is 2. The van der Waals surface area contributed by atoms with Gasteiger partial charge < -0.3 is 20.1 Å². The molecule has 0 spiro atoms. The van der Waals surface area contributed by atoms with Gasteiger partial charge in [-0.15, -0.1) is 0 Å². The number of ether oxygens (including phenoxy) is 1. The van der Waals surface area contributed by atoms with Gasteiger partial charge in [0.05, 0.1) is 11.7 Å². The molecule has 0 aromatic heterocycles. The van der Waals surface area contributed by atoms with Gasteiger partial charge in [-0.3, -0.25) is 4.79 Å². The van der Waals surface area contributed by atoms with Crippen molar-refractivity contribution in [3.63, 3.8) is 0 Å². The maximum Gasteiger partial charge on any atom is 0.416 e. The summed E-state index contributed by atoms with van der Waals surface area (Å²) in [5.41, 5.74) is 0.365. The Morgan fingerprint density at radius 2 is 2.00 bits per heavy atom. The summed E-state index contributed by atoms with van der Waals surface area (Å²) >= 11 is 0. The van der Waals surface area contributed by atoms with Gasteiger partial charge in [-0.05, 0) is 86.0 Å². The number of phenolic OH excluding ortho intramolecular Hbond substituents is 1. The van der Waals surface area contributed by atoms with Crippen LogP contribution in [0.5, 0.6) is 5.75 Å². The molecule has 3 aliphatic rings. The van der Waals surface area contributed by atoms with Crippen molar-refractivity contribution in [2.24, 2.45) is 11.8 Å². The van der Waals surface area contributed by atoms with Gasteiger partial charge in [0.15, 0.2) is 0 Å². The Kier molecular flexibility index (Phi) is 7.56. The average Bonchev–Trinajstić information content (AvgIpc) is 3.71. The van der Waals surface area contributed by atoms with Gasteiger partial charge in [0.1, 0.15) is 5.75 Å². The molecular weight excluding hydrogens is 493 g/mol. The lowest BCUT2D eigenvalue weighted by atomic mass is 9.57. The number of halogens is 3. The fourth-order valence-electron chi connectivity index (χ4n) is 6.52. The van der Waals surface area contributed by atoms with Crippen molar-refractivity contribution < 1.29 is 27.8 Å². The summed E-state index contributed by atoms with van der Waals surface area (Å²) in [5, 5.41) is 13.4. The Bertz CT molecular complexity index is 1180. The van der Waals surface area contributed by atoms with Crippen LogP contribution in [0.25, 0.3) is 6.08 Å². The Balaban J connectivity index is 1.35. The maximum atomic E-state index is 13.0. The monoisotopic (exact) mass is 528 g/mol. The minimum atomic E-state index is -4.44. The molecule has 2 aromatic carbocycles. The van der Waals surface area contributed by atoms with E-state index in [1.54, 1.807) is 13.2 Å². The first-order valence-corrected chi connectivity index (χ1v) is 13.4. The molecular formula is C30H35F3N2O3. The van der Waals surface area contributed by atoms with E-state index in [2.05, 4.69) is 16.3 Å². The quantitative estimate of drug-likeness (QED) is 0.474. The predicted octanol–water partition coefficient (Wildman–Crippen LogP) is 5.39. The van der Waals surface area contributed by atoms with Crippen LogP contribution in [0.2, 0.25) is 0 Å². The summed E-state index contributed by atoms with van der Waals surface area (Å²) in [5.74, 6) is 0.886. The SMILES string of the molecule is COC1CC(NC(=O)C=Cc2cccc(C(F)(F)F)c2)CC2(c3cccc(O)c3)CCN(CC3CC3)CC12. The highest BCUT2D eigenvalue weighted by atomic mass is 19.4. The minimum absolute atomic E-state index is 0.0779. The molecule has 2 saturated carbocycles. The van der Waals surface area contributed by atoms with E-state index in [1.807, 2.05) is 12.1 Å². The standard InChI is InChI=1S/C30H35F3N2O3/c1-38-27-16-24(34-28(37)11-10-20-4-2-6-23(14-20)30(31,32)33)17-29(22-5-3-7-25(36)15-22)12-13-35(19-26(27)29)18-21-8-9-21/h2-7,10-11,14-15,21,24,26-27,36H,8-9,12-13,16-19H2,1H3,(H,34,37). The van der Waals surface area contributed by atoms with Gasteiger partial charge in [-0.2, -0.15) is 13.2 Å². The molecule has 1 saturated heterocycles. The molecule has 0 bridgehead atoms. The van der Waals surface area contributed by atoms with E-state index in [0.29, 0.717) is 18.4 Å². The van der Waals surface area contributed by atoms with Crippen LogP contribution in [-0.4, -0.2) is 54.8 Å². The lowest BCUT2D eigenvalue weighted by Crippen LogP contribution is -2.61. The third-order valence-corrected chi connectivity index (χ3v) is 8.54. The zero-order valence-electron chi connectivity index (χ0n) is 21.6. The van der Waals surface area contributed by atoms with Crippen LogP contribution in [0.3, 0.4) is 0 Å². The number of alkyl halides is 3. The number of carbonyl (C=O) groups is 1. The van der Waals surface area contributed by atoms with Crippen LogP contribution >= 0.6 is 0 Å². The highest BCUT2D eigenvalue weighted by Gasteiger charge is 2.53. The fourth-order valence-corrected chi connectivity index (χ4v) is 6.52. The van der Waals surface area contributed by atoms with Crippen LogP contribution in [0.4, 0.5) is 13.2 Å². The Hall–Kier alpha value is -2.84. The molecule has 2 aliphatic carbocycles.